The SMILES string of the molecule is COc1ccccc1CCN(C)c1nnnn1-c1ccccc1. The Bertz CT molecular complexity index is 756. The third-order valence-electron chi connectivity index (χ3n) is 3.70. The lowest BCUT2D eigenvalue weighted by Gasteiger charge is -2.18. The van der Waals surface area contributed by atoms with Gasteiger partial charge in [-0.1, -0.05) is 41.5 Å². The summed E-state index contributed by atoms with van der Waals surface area (Å²) in [6, 6.07) is 17.9. The van der Waals surface area contributed by atoms with Gasteiger partial charge in [-0.3, -0.25) is 0 Å². The van der Waals surface area contributed by atoms with Gasteiger partial charge in [0.2, 0.25) is 5.95 Å². The Morgan fingerprint density at radius 3 is 2.57 bits per heavy atom. The standard InChI is InChI=1S/C17H19N5O/c1-21(13-12-14-8-6-7-11-16(14)23-2)17-18-19-20-22(17)15-9-4-3-5-10-15/h3-11H,12-13H2,1-2H3. The highest BCUT2D eigenvalue weighted by Gasteiger charge is 2.13. The molecule has 0 bridgehead atoms. The van der Waals surface area contributed by atoms with Gasteiger partial charge in [0.05, 0.1) is 12.8 Å². The summed E-state index contributed by atoms with van der Waals surface area (Å²) in [6.45, 7) is 0.785. The topological polar surface area (TPSA) is 56.1 Å². The van der Waals surface area contributed by atoms with Crippen molar-refractivity contribution in [2.75, 3.05) is 25.6 Å². The van der Waals surface area contributed by atoms with Crippen LogP contribution in [0.2, 0.25) is 0 Å². The highest BCUT2D eigenvalue weighted by atomic mass is 16.5. The van der Waals surface area contributed by atoms with Crippen LogP contribution in [0.3, 0.4) is 0 Å². The zero-order valence-corrected chi connectivity index (χ0v) is 13.3. The maximum Gasteiger partial charge on any atom is 0.250 e. The molecule has 0 saturated heterocycles. The van der Waals surface area contributed by atoms with E-state index in [0.29, 0.717) is 5.95 Å². The van der Waals surface area contributed by atoms with Crippen LogP contribution in [-0.4, -0.2) is 40.9 Å². The van der Waals surface area contributed by atoms with Crippen molar-refractivity contribution in [2.45, 2.75) is 6.42 Å². The summed E-state index contributed by atoms with van der Waals surface area (Å²) >= 11 is 0. The molecule has 0 atom stereocenters. The van der Waals surface area contributed by atoms with Crippen molar-refractivity contribution in [3.63, 3.8) is 0 Å². The molecule has 0 aliphatic rings. The van der Waals surface area contributed by atoms with Crippen molar-refractivity contribution in [1.29, 1.82) is 0 Å². The molecule has 0 unspecified atom stereocenters. The molecule has 6 heteroatoms. The van der Waals surface area contributed by atoms with Crippen molar-refractivity contribution in [2.24, 2.45) is 0 Å². The molecule has 0 N–H and O–H groups in total. The van der Waals surface area contributed by atoms with E-state index in [1.54, 1.807) is 11.8 Å². The van der Waals surface area contributed by atoms with Gasteiger partial charge in [-0.05, 0) is 40.6 Å². The minimum Gasteiger partial charge on any atom is -0.496 e. The molecule has 3 rings (SSSR count). The van der Waals surface area contributed by atoms with Crippen molar-refractivity contribution < 1.29 is 4.74 Å². The molecule has 23 heavy (non-hydrogen) atoms. The Labute approximate surface area is 135 Å². The van der Waals surface area contributed by atoms with Crippen LogP contribution in [-0.2, 0) is 6.42 Å². The minimum atomic E-state index is 0.714. The molecule has 0 saturated carbocycles. The molecular formula is C17H19N5O. The van der Waals surface area contributed by atoms with E-state index in [0.717, 1.165) is 24.4 Å². The third-order valence-corrected chi connectivity index (χ3v) is 3.70. The first-order chi connectivity index (χ1) is 11.3. The molecule has 0 aliphatic carbocycles. The Morgan fingerprint density at radius 2 is 1.78 bits per heavy atom. The fourth-order valence-electron chi connectivity index (χ4n) is 2.45. The average molecular weight is 309 g/mol. The predicted octanol–water partition coefficient (Wildman–Crippen LogP) is 2.35. The molecular weight excluding hydrogens is 290 g/mol. The van der Waals surface area contributed by atoms with Crippen LogP contribution in [0.4, 0.5) is 5.95 Å². The van der Waals surface area contributed by atoms with Crippen molar-refractivity contribution in [3.8, 4) is 11.4 Å². The second kappa shape index (κ2) is 6.91. The number of anilines is 1. The quantitative estimate of drug-likeness (QED) is 0.699. The molecule has 1 heterocycles. The van der Waals surface area contributed by atoms with Gasteiger partial charge in [-0.15, -0.1) is 0 Å². The molecule has 6 nitrogen and oxygen atoms in total. The van der Waals surface area contributed by atoms with Gasteiger partial charge in [0.15, 0.2) is 0 Å². The van der Waals surface area contributed by atoms with Gasteiger partial charge < -0.3 is 9.64 Å². The second-order valence-electron chi connectivity index (χ2n) is 5.21. The summed E-state index contributed by atoms with van der Waals surface area (Å²) in [5.41, 5.74) is 2.11. The fourth-order valence-corrected chi connectivity index (χ4v) is 2.45. The van der Waals surface area contributed by atoms with E-state index in [-0.39, 0.29) is 0 Å². The molecule has 0 aliphatic heterocycles. The third kappa shape index (κ3) is 3.31. The van der Waals surface area contributed by atoms with Gasteiger partial charge in [0.25, 0.3) is 0 Å². The molecule has 0 amide bonds. The van der Waals surface area contributed by atoms with Crippen LogP contribution in [0.25, 0.3) is 5.69 Å². The van der Waals surface area contributed by atoms with Gasteiger partial charge in [0.1, 0.15) is 5.75 Å². The molecule has 1 aromatic heterocycles. The first-order valence-corrected chi connectivity index (χ1v) is 7.46. The van der Waals surface area contributed by atoms with Gasteiger partial charge >= 0.3 is 0 Å². The highest BCUT2D eigenvalue weighted by molar-refractivity contribution is 5.40. The number of methoxy groups -OCH3 is 1. The molecule has 0 radical (unpaired) electrons. The number of rotatable bonds is 6. The summed E-state index contributed by atoms with van der Waals surface area (Å²) in [5.74, 6) is 1.62. The first-order valence-electron chi connectivity index (χ1n) is 7.46. The van der Waals surface area contributed by atoms with E-state index in [4.69, 9.17) is 4.74 Å². The normalized spacial score (nSPS) is 10.5. The van der Waals surface area contributed by atoms with Gasteiger partial charge in [-0.25, -0.2) is 0 Å². The summed E-state index contributed by atoms with van der Waals surface area (Å²) in [5, 5.41) is 12.0. The van der Waals surface area contributed by atoms with Crippen LogP contribution in [0.15, 0.2) is 54.6 Å². The zero-order valence-electron chi connectivity index (χ0n) is 13.3. The molecule has 2 aromatic carbocycles. The van der Waals surface area contributed by atoms with E-state index in [1.807, 2.05) is 60.5 Å². The largest absolute Gasteiger partial charge is 0.496 e. The van der Waals surface area contributed by atoms with Crippen LogP contribution < -0.4 is 9.64 Å². The number of benzene rings is 2. The number of tetrazole rings is 1. The van der Waals surface area contributed by atoms with Crippen LogP contribution in [0.5, 0.6) is 5.75 Å². The summed E-state index contributed by atoms with van der Waals surface area (Å²) in [6.07, 6.45) is 0.849. The van der Waals surface area contributed by atoms with Gasteiger partial charge in [-0.2, -0.15) is 4.68 Å². The van der Waals surface area contributed by atoms with E-state index in [9.17, 15) is 0 Å². The zero-order chi connectivity index (χ0) is 16.1. The number of nitrogens with zero attached hydrogens (tertiary/aromatic N) is 5. The van der Waals surface area contributed by atoms with E-state index in [2.05, 4.69) is 21.6 Å². The van der Waals surface area contributed by atoms with Crippen LogP contribution in [0, 0.1) is 0 Å². The number of likely N-dealkylation sites (N-methyl/N-ethyl adjacent to an activating group) is 1. The first kappa shape index (κ1) is 15.0. The Balaban J connectivity index is 1.75. The van der Waals surface area contributed by atoms with Crippen LogP contribution >= 0.6 is 0 Å². The van der Waals surface area contributed by atoms with Crippen molar-refractivity contribution in [3.05, 3.63) is 60.2 Å². The smallest absolute Gasteiger partial charge is 0.250 e. The number of ether oxygens (including phenoxy) is 1. The number of hydrogen-bond acceptors (Lipinski definition) is 5. The molecule has 3 aromatic rings. The highest BCUT2D eigenvalue weighted by Crippen LogP contribution is 2.19. The fraction of sp³-hybridized carbons (Fsp3) is 0.235. The Hall–Kier alpha value is -2.89. The lowest BCUT2D eigenvalue weighted by Crippen LogP contribution is -2.24. The monoisotopic (exact) mass is 309 g/mol. The summed E-state index contributed by atoms with van der Waals surface area (Å²) in [4.78, 5) is 2.04. The number of aromatic nitrogens is 4. The van der Waals surface area contributed by atoms with E-state index < -0.39 is 0 Å². The average Bonchev–Trinajstić information content (AvgIpc) is 3.10. The lowest BCUT2D eigenvalue weighted by atomic mass is 10.1. The lowest BCUT2D eigenvalue weighted by molar-refractivity contribution is 0.409. The molecule has 0 fully saturated rings. The van der Waals surface area contributed by atoms with Crippen molar-refractivity contribution >= 4 is 5.95 Å². The van der Waals surface area contributed by atoms with E-state index in [1.165, 1.54) is 5.56 Å². The van der Waals surface area contributed by atoms with Crippen molar-refractivity contribution in [1.82, 2.24) is 20.2 Å². The maximum absolute atomic E-state index is 5.40. The molecule has 118 valence electrons. The minimum absolute atomic E-state index is 0.714. The Kier molecular flexibility index (Phi) is 4.52. The Morgan fingerprint density at radius 1 is 1.04 bits per heavy atom. The summed E-state index contributed by atoms with van der Waals surface area (Å²) in [7, 11) is 3.68. The summed E-state index contributed by atoms with van der Waals surface area (Å²) < 4.78 is 7.14. The second-order valence-corrected chi connectivity index (χ2v) is 5.21. The van der Waals surface area contributed by atoms with Crippen LogP contribution in [0.1, 0.15) is 5.56 Å². The number of para-hydroxylation sites is 2. The molecule has 0 spiro atoms. The maximum atomic E-state index is 5.40. The van der Waals surface area contributed by atoms with E-state index >= 15 is 0 Å². The number of hydrogen-bond donors (Lipinski definition) is 0. The predicted molar refractivity (Wildman–Crippen MR) is 89.1 cm³/mol. The van der Waals surface area contributed by atoms with Gasteiger partial charge in [0, 0.05) is 13.6 Å².